The minimum atomic E-state index is -4.72. The van der Waals surface area contributed by atoms with Gasteiger partial charge in [-0.1, -0.05) is 30.3 Å². The summed E-state index contributed by atoms with van der Waals surface area (Å²) in [5.41, 5.74) is 0.208. The molecule has 0 heterocycles. The minimum absolute atomic E-state index is 0.208. The summed E-state index contributed by atoms with van der Waals surface area (Å²) in [6.45, 7) is 3.17. The molecule has 0 aliphatic carbocycles. The Bertz CT molecular complexity index is 799. The van der Waals surface area contributed by atoms with Crippen LogP contribution in [0.3, 0.4) is 0 Å². The SMILES string of the molecule is C[Si](C)(C)N=S(=O)(CC(c1ccccc1)S(=N)(=O)O)OCC(F)(F)F. The predicted molar refractivity (Wildman–Crippen MR) is 93.5 cm³/mol. The summed E-state index contributed by atoms with van der Waals surface area (Å²) in [6.07, 6.45) is -4.72. The highest BCUT2D eigenvalue weighted by molar-refractivity contribution is 7.92. The third-order valence-corrected chi connectivity index (χ3v) is 8.70. The molecule has 25 heavy (non-hydrogen) atoms. The molecule has 0 saturated carbocycles. The second-order valence-electron chi connectivity index (χ2n) is 6.36. The fraction of sp³-hybridized carbons (Fsp3) is 0.538. The first-order valence-corrected chi connectivity index (χ1v) is 13.8. The third-order valence-electron chi connectivity index (χ3n) is 2.74. The van der Waals surface area contributed by atoms with Crippen LogP contribution in [0.25, 0.3) is 0 Å². The van der Waals surface area contributed by atoms with Crippen molar-refractivity contribution in [3.8, 4) is 0 Å². The Hall–Kier alpha value is -0.953. The van der Waals surface area contributed by atoms with Gasteiger partial charge in [-0.25, -0.2) is 13.2 Å². The van der Waals surface area contributed by atoms with Gasteiger partial charge in [0.2, 0.25) is 0 Å². The molecular weight excluding hydrogens is 397 g/mol. The minimum Gasteiger partial charge on any atom is -0.300 e. The molecule has 6 nitrogen and oxygen atoms in total. The molecule has 1 aromatic carbocycles. The number of alkyl halides is 3. The van der Waals surface area contributed by atoms with Gasteiger partial charge in [0.15, 0.2) is 34.9 Å². The lowest BCUT2D eigenvalue weighted by molar-refractivity contribution is -0.152. The summed E-state index contributed by atoms with van der Waals surface area (Å²) < 4.78 is 87.9. The molecule has 0 amide bonds. The van der Waals surface area contributed by atoms with Crippen molar-refractivity contribution in [3.63, 3.8) is 0 Å². The number of nitrogens with zero attached hydrogens (tertiary/aromatic N) is 1. The molecule has 3 unspecified atom stereocenters. The number of nitrogens with one attached hydrogen (secondary N) is 1. The summed E-state index contributed by atoms with van der Waals surface area (Å²) in [7, 11) is -10.6. The lowest BCUT2D eigenvalue weighted by atomic mass is 10.2. The fourth-order valence-electron chi connectivity index (χ4n) is 1.92. The van der Waals surface area contributed by atoms with Crippen LogP contribution in [-0.2, 0) is 24.2 Å². The van der Waals surface area contributed by atoms with Crippen molar-refractivity contribution in [2.75, 3.05) is 12.4 Å². The Balaban J connectivity index is 3.35. The van der Waals surface area contributed by atoms with Crippen LogP contribution in [0, 0.1) is 4.78 Å². The first kappa shape index (κ1) is 22.1. The van der Waals surface area contributed by atoms with Crippen LogP contribution in [-0.4, -0.2) is 39.7 Å². The van der Waals surface area contributed by atoms with Gasteiger partial charge in [0.1, 0.15) is 5.25 Å². The molecule has 0 saturated heterocycles. The number of benzene rings is 1. The molecule has 12 heteroatoms. The summed E-state index contributed by atoms with van der Waals surface area (Å²) in [4.78, 5) is 0. The normalized spacial score (nSPS) is 18.8. The molecule has 0 bridgehead atoms. The lowest BCUT2D eigenvalue weighted by Crippen LogP contribution is -2.30. The second-order valence-corrected chi connectivity index (χ2v) is 14.9. The van der Waals surface area contributed by atoms with Crippen molar-refractivity contribution < 1.29 is 30.3 Å². The topological polar surface area (TPSA) is 99.8 Å². The molecule has 0 radical (unpaired) electrons. The monoisotopic (exact) mass is 418 g/mol. The highest BCUT2D eigenvalue weighted by Gasteiger charge is 2.34. The van der Waals surface area contributed by atoms with Crippen LogP contribution >= 0.6 is 0 Å². The molecule has 1 aromatic rings. The lowest BCUT2D eigenvalue weighted by Gasteiger charge is -2.22. The van der Waals surface area contributed by atoms with E-state index >= 15 is 0 Å². The van der Waals surface area contributed by atoms with Gasteiger partial charge in [-0.05, 0) is 25.2 Å². The van der Waals surface area contributed by atoms with Crippen molar-refractivity contribution in [1.82, 2.24) is 0 Å². The van der Waals surface area contributed by atoms with Crippen molar-refractivity contribution in [2.24, 2.45) is 4.03 Å². The standard InChI is InChI=1S/C13H21F3N2O4S2Si/c1-25(2,3)18-23(19,22-10-13(14,15)16)9-12(24(17,20)21)11-7-5-4-6-8-11/h4-8,12H,9-10H2,1-3H3,(H2,17,20,21). The predicted octanol–water partition coefficient (Wildman–Crippen LogP) is 4.04. The molecule has 1 rings (SSSR count). The van der Waals surface area contributed by atoms with Crippen molar-refractivity contribution >= 4 is 28.3 Å². The van der Waals surface area contributed by atoms with Crippen molar-refractivity contribution in [3.05, 3.63) is 35.9 Å². The first-order valence-electron chi connectivity index (χ1n) is 7.13. The first-order chi connectivity index (χ1) is 11.1. The average molecular weight is 419 g/mol. The van der Waals surface area contributed by atoms with E-state index in [9.17, 15) is 26.1 Å². The summed E-state index contributed by atoms with van der Waals surface area (Å²) >= 11 is 0. The van der Waals surface area contributed by atoms with Crippen LogP contribution in [0.4, 0.5) is 13.2 Å². The van der Waals surface area contributed by atoms with E-state index in [1.807, 2.05) is 0 Å². The van der Waals surface area contributed by atoms with E-state index in [1.165, 1.54) is 12.1 Å². The van der Waals surface area contributed by atoms with E-state index in [-0.39, 0.29) is 5.56 Å². The average Bonchev–Trinajstić information content (AvgIpc) is 2.40. The maximum Gasteiger partial charge on any atom is 0.413 e. The van der Waals surface area contributed by atoms with E-state index in [1.54, 1.807) is 37.8 Å². The van der Waals surface area contributed by atoms with Crippen LogP contribution in [0.1, 0.15) is 10.8 Å². The van der Waals surface area contributed by atoms with Gasteiger partial charge in [-0.3, -0.25) is 8.21 Å². The van der Waals surface area contributed by atoms with E-state index in [0.717, 1.165) is 0 Å². The van der Waals surface area contributed by atoms with Crippen LogP contribution in [0.15, 0.2) is 34.4 Å². The number of halogens is 3. The van der Waals surface area contributed by atoms with Crippen LogP contribution < -0.4 is 0 Å². The number of rotatable bonds is 7. The Labute approximate surface area is 147 Å². The van der Waals surface area contributed by atoms with Gasteiger partial charge in [0, 0.05) is 0 Å². The van der Waals surface area contributed by atoms with Gasteiger partial charge in [0.05, 0.1) is 5.75 Å². The van der Waals surface area contributed by atoms with E-state index < -0.39 is 52.0 Å². The third kappa shape index (κ3) is 8.31. The molecule has 0 aromatic heterocycles. The van der Waals surface area contributed by atoms with E-state index in [4.69, 9.17) is 4.78 Å². The Morgan fingerprint density at radius 3 is 2.16 bits per heavy atom. The summed E-state index contributed by atoms with van der Waals surface area (Å²) in [5.74, 6) is -0.768. The molecule has 0 fully saturated rings. The zero-order valence-corrected chi connectivity index (χ0v) is 16.6. The van der Waals surface area contributed by atoms with Gasteiger partial charge in [0.25, 0.3) is 0 Å². The number of hydrogen-bond donors (Lipinski definition) is 2. The highest BCUT2D eigenvalue weighted by atomic mass is 32.2. The molecule has 0 spiro atoms. The van der Waals surface area contributed by atoms with Gasteiger partial charge in [-0.15, -0.1) is 0 Å². The molecule has 3 atom stereocenters. The van der Waals surface area contributed by atoms with Gasteiger partial charge in [-0.2, -0.15) is 13.2 Å². The molecule has 0 aliphatic heterocycles. The van der Waals surface area contributed by atoms with Crippen LogP contribution in [0.2, 0.25) is 19.6 Å². The van der Waals surface area contributed by atoms with Crippen LogP contribution in [0.5, 0.6) is 0 Å². The van der Waals surface area contributed by atoms with Gasteiger partial charge < -0.3 is 4.55 Å². The highest BCUT2D eigenvalue weighted by Crippen LogP contribution is 2.27. The number of hydrogen-bond acceptors (Lipinski definition) is 5. The zero-order chi connectivity index (χ0) is 19.5. The summed E-state index contributed by atoms with van der Waals surface area (Å²) in [6, 6.07) is 7.59. The maximum atomic E-state index is 12.9. The maximum absolute atomic E-state index is 12.9. The Morgan fingerprint density at radius 2 is 1.76 bits per heavy atom. The van der Waals surface area contributed by atoms with Crippen molar-refractivity contribution in [2.45, 2.75) is 31.1 Å². The van der Waals surface area contributed by atoms with Gasteiger partial charge >= 0.3 is 6.18 Å². The zero-order valence-electron chi connectivity index (χ0n) is 13.9. The van der Waals surface area contributed by atoms with Crippen molar-refractivity contribution in [1.29, 1.82) is 4.78 Å². The van der Waals surface area contributed by atoms with E-state index in [2.05, 4.69) is 8.21 Å². The Morgan fingerprint density at radius 1 is 1.24 bits per heavy atom. The molecular formula is C13H21F3N2O4S2Si. The second kappa shape index (κ2) is 7.74. The molecule has 0 aliphatic rings. The summed E-state index contributed by atoms with van der Waals surface area (Å²) in [5, 5.41) is -1.49. The largest absolute Gasteiger partial charge is 0.413 e. The fourth-order valence-corrected chi connectivity index (χ4v) is 8.54. The smallest absolute Gasteiger partial charge is 0.300 e. The molecule has 2 N–H and O–H groups in total. The quantitative estimate of drug-likeness (QED) is 0.653. The van der Waals surface area contributed by atoms with E-state index in [0.29, 0.717) is 0 Å². The Kier molecular flexibility index (Phi) is 6.84. The molecule has 144 valence electrons.